The van der Waals surface area contributed by atoms with Crippen LogP contribution in [-0.2, 0) is 16.1 Å². The fraction of sp³-hybridized carbons (Fsp3) is 0.375. The summed E-state index contributed by atoms with van der Waals surface area (Å²) in [5.74, 6) is 0.986. The van der Waals surface area contributed by atoms with Gasteiger partial charge in [-0.3, -0.25) is 9.59 Å². The van der Waals surface area contributed by atoms with E-state index < -0.39 is 0 Å². The molecule has 0 aliphatic rings. The van der Waals surface area contributed by atoms with Crippen LogP contribution >= 0.6 is 0 Å². The summed E-state index contributed by atoms with van der Waals surface area (Å²) in [5, 5.41) is 0.747. The van der Waals surface area contributed by atoms with Gasteiger partial charge in [0.25, 0.3) is 0 Å². The molecule has 0 atom stereocenters. The topological polar surface area (TPSA) is 66.8 Å². The van der Waals surface area contributed by atoms with Gasteiger partial charge in [-0.05, 0) is 6.42 Å². The minimum absolute atomic E-state index is 0.248. The minimum atomic E-state index is -0.248. The Bertz CT molecular complexity index is 689. The Morgan fingerprint density at radius 2 is 2.00 bits per heavy atom. The zero-order valence-corrected chi connectivity index (χ0v) is 12.9. The van der Waals surface area contributed by atoms with Crippen LogP contribution in [0.4, 0.5) is 0 Å². The molecule has 0 saturated heterocycles. The van der Waals surface area contributed by atoms with Gasteiger partial charge in [0.1, 0.15) is 11.5 Å². The Morgan fingerprint density at radius 3 is 2.59 bits per heavy atom. The van der Waals surface area contributed by atoms with Crippen molar-refractivity contribution in [2.45, 2.75) is 19.4 Å². The van der Waals surface area contributed by atoms with Crippen molar-refractivity contribution in [1.29, 1.82) is 0 Å². The van der Waals surface area contributed by atoms with Crippen LogP contribution in [0, 0.1) is 0 Å². The molecule has 0 fully saturated rings. The molecule has 0 N–H and O–H groups in total. The summed E-state index contributed by atoms with van der Waals surface area (Å²) < 4.78 is 17.2. The van der Waals surface area contributed by atoms with Crippen molar-refractivity contribution >= 4 is 23.2 Å². The number of aldehydes is 1. The van der Waals surface area contributed by atoms with Crippen molar-refractivity contribution in [3.63, 3.8) is 0 Å². The van der Waals surface area contributed by atoms with Crippen LogP contribution in [0.25, 0.3) is 10.9 Å². The highest BCUT2D eigenvalue weighted by Gasteiger charge is 2.15. The summed E-state index contributed by atoms with van der Waals surface area (Å²) in [7, 11) is 4.50. The first kappa shape index (κ1) is 15.9. The predicted octanol–water partition coefficient (Wildman–Crippen LogP) is 2.42. The number of esters is 1. The van der Waals surface area contributed by atoms with Gasteiger partial charge < -0.3 is 18.8 Å². The van der Waals surface area contributed by atoms with Crippen molar-refractivity contribution in [1.82, 2.24) is 4.57 Å². The molecule has 0 amide bonds. The molecule has 118 valence electrons. The predicted molar refractivity (Wildman–Crippen MR) is 81.7 cm³/mol. The van der Waals surface area contributed by atoms with E-state index in [1.165, 1.54) is 7.11 Å². The van der Waals surface area contributed by atoms with E-state index in [9.17, 15) is 9.59 Å². The SMILES string of the molecule is COC(=O)CCCn1cc(C=O)c2c(OC)cc(OC)cc21. The fourth-order valence-corrected chi connectivity index (χ4v) is 2.44. The summed E-state index contributed by atoms with van der Waals surface area (Å²) in [6, 6.07) is 3.59. The Balaban J connectivity index is 2.41. The summed E-state index contributed by atoms with van der Waals surface area (Å²) in [6.07, 6.45) is 3.51. The van der Waals surface area contributed by atoms with Gasteiger partial charge in [0.15, 0.2) is 6.29 Å². The van der Waals surface area contributed by atoms with Crippen LogP contribution in [0.5, 0.6) is 11.5 Å². The normalized spacial score (nSPS) is 10.5. The molecular weight excluding hydrogens is 286 g/mol. The molecule has 6 heteroatoms. The Kier molecular flexibility index (Phi) is 5.04. The lowest BCUT2D eigenvalue weighted by Crippen LogP contribution is -2.03. The third-order valence-corrected chi connectivity index (χ3v) is 3.54. The number of benzene rings is 1. The highest BCUT2D eigenvalue weighted by atomic mass is 16.5. The van der Waals surface area contributed by atoms with Gasteiger partial charge in [-0.1, -0.05) is 0 Å². The third-order valence-electron chi connectivity index (χ3n) is 3.54. The number of aryl methyl sites for hydroxylation is 1. The fourth-order valence-electron chi connectivity index (χ4n) is 2.44. The van der Waals surface area contributed by atoms with E-state index in [2.05, 4.69) is 4.74 Å². The number of hydrogen-bond acceptors (Lipinski definition) is 5. The molecule has 2 rings (SSSR count). The van der Waals surface area contributed by atoms with Gasteiger partial charge in [-0.2, -0.15) is 0 Å². The number of carbonyl (C=O) groups excluding carboxylic acids is 2. The molecule has 1 heterocycles. The number of nitrogens with zero attached hydrogens (tertiary/aromatic N) is 1. The van der Waals surface area contributed by atoms with E-state index in [1.807, 2.05) is 10.6 Å². The standard InChI is InChI=1S/C16H19NO5/c1-20-12-7-13-16(14(8-12)21-2)11(10-18)9-17(13)6-4-5-15(19)22-3/h7-10H,4-6H2,1-3H3. The number of fused-ring (bicyclic) bond motifs is 1. The summed E-state index contributed by atoms with van der Waals surface area (Å²) >= 11 is 0. The van der Waals surface area contributed by atoms with Crippen molar-refractivity contribution < 1.29 is 23.8 Å². The zero-order valence-electron chi connectivity index (χ0n) is 12.9. The van der Waals surface area contributed by atoms with Crippen LogP contribution in [-0.4, -0.2) is 38.2 Å². The molecule has 22 heavy (non-hydrogen) atoms. The minimum Gasteiger partial charge on any atom is -0.497 e. The molecule has 0 aliphatic carbocycles. The number of hydrogen-bond donors (Lipinski definition) is 0. The van der Waals surface area contributed by atoms with Crippen LogP contribution in [0.2, 0.25) is 0 Å². The van der Waals surface area contributed by atoms with Crippen LogP contribution < -0.4 is 9.47 Å². The quantitative estimate of drug-likeness (QED) is 0.580. The summed E-state index contributed by atoms with van der Waals surface area (Å²) in [5.41, 5.74) is 1.38. The molecule has 0 aliphatic heterocycles. The number of carbonyl (C=O) groups is 2. The van der Waals surface area contributed by atoms with E-state index in [0.717, 1.165) is 17.2 Å². The van der Waals surface area contributed by atoms with Gasteiger partial charge in [0.2, 0.25) is 0 Å². The lowest BCUT2D eigenvalue weighted by molar-refractivity contribution is -0.140. The van der Waals surface area contributed by atoms with Gasteiger partial charge in [0, 0.05) is 36.9 Å². The average Bonchev–Trinajstić information content (AvgIpc) is 2.91. The maximum Gasteiger partial charge on any atom is 0.305 e. The Hall–Kier alpha value is -2.50. The van der Waals surface area contributed by atoms with Gasteiger partial charge >= 0.3 is 5.97 Å². The Morgan fingerprint density at radius 1 is 1.23 bits per heavy atom. The van der Waals surface area contributed by atoms with E-state index in [4.69, 9.17) is 9.47 Å². The van der Waals surface area contributed by atoms with E-state index in [0.29, 0.717) is 36.4 Å². The van der Waals surface area contributed by atoms with Crippen LogP contribution in [0.3, 0.4) is 0 Å². The highest BCUT2D eigenvalue weighted by molar-refractivity contribution is 6.02. The van der Waals surface area contributed by atoms with Gasteiger partial charge in [-0.15, -0.1) is 0 Å². The van der Waals surface area contributed by atoms with Crippen molar-refractivity contribution in [3.8, 4) is 11.5 Å². The first-order valence-corrected chi connectivity index (χ1v) is 6.91. The maximum absolute atomic E-state index is 11.3. The van der Waals surface area contributed by atoms with E-state index in [1.54, 1.807) is 26.5 Å². The van der Waals surface area contributed by atoms with E-state index >= 15 is 0 Å². The van der Waals surface area contributed by atoms with Crippen LogP contribution in [0.1, 0.15) is 23.2 Å². The zero-order chi connectivity index (χ0) is 16.1. The van der Waals surface area contributed by atoms with Gasteiger partial charge in [0.05, 0.1) is 32.2 Å². The monoisotopic (exact) mass is 305 g/mol. The number of rotatable bonds is 7. The summed E-state index contributed by atoms with van der Waals surface area (Å²) in [4.78, 5) is 22.5. The van der Waals surface area contributed by atoms with Gasteiger partial charge in [-0.25, -0.2) is 0 Å². The molecule has 1 aromatic heterocycles. The molecule has 0 spiro atoms. The lowest BCUT2D eigenvalue weighted by atomic mass is 10.1. The van der Waals surface area contributed by atoms with Crippen molar-refractivity contribution in [2.24, 2.45) is 0 Å². The second-order valence-electron chi connectivity index (χ2n) is 4.80. The molecule has 2 aromatic rings. The summed E-state index contributed by atoms with van der Waals surface area (Å²) in [6.45, 7) is 0.593. The molecule has 0 saturated carbocycles. The third kappa shape index (κ3) is 3.05. The average molecular weight is 305 g/mol. The number of methoxy groups -OCH3 is 3. The molecule has 0 unspecified atom stereocenters. The molecular formula is C16H19NO5. The first-order valence-electron chi connectivity index (χ1n) is 6.91. The first-order chi connectivity index (χ1) is 10.6. The molecule has 0 radical (unpaired) electrons. The van der Waals surface area contributed by atoms with Crippen molar-refractivity contribution in [2.75, 3.05) is 21.3 Å². The molecule has 6 nitrogen and oxygen atoms in total. The number of ether oxygens (including phenoxy) is 3. The largest absolute Gasteiger partial charge is 0.497 e. The number of aromatic nitrogens is 1. The highest BCUT2D eigenvalue weighted by Crippen LogP contribution is 2.34. The molecule has 0 bridgehead atoms. The smallest absolute Gasteiger partial charge is 0.305 e. The van der Waals surface area contributed by atoms with E-state index in [-0.39, 0.29) is 5.97 Å². The Labute approximate surface area is 128 Å². The van der Waals surface area contributed by atoms with Crippen LogP contribution in [0.15, 0.2) is 18.3 Å². The lowest BCUT2D eigenvalue weighted by Gasteiger charge is -2.09. The maximum atomic E-state index is 11.3. The second-order valence-corrected chi connectivity index (χ2v) is 4.80. The second kappa shape index (κ2) is 6.98. The van der Waals surface area contributed by atoms with Crippen molar-refractivity contribution in [3.05, 3.63) is 23.9 Å². The molecule has 1 aromatic carbocycles.